The lowest BCUT2D eigenvalue weighted by Gasteiger charge is -2.20. The first-order valence-corrected chi connectivity index (χ1v) is 5.64. The monoisotopic (exact) mass is 201 g/mol. The van der Waals surface area contributed by atoms with Gasteiger partial charge in [-0.1, -0.05) is 49.8 Å². The molecule has 1 aromatic rings. The Morgan fingerprint density at radius 3 is 3.00 bits per heavy atom. The van der Waals surface area contributed by atoms with E-state index < -0.39 is 0 Å². The van der Waals surface area contributed by atoms with Gasteiger partial charge in [-0.05, 0) is 17.5 Å². The number of hydrogen-bond donors (Lipinski definition) is 0. The second kappa shape index (κ2) is 5.13. The highest BCUT2D eigenvalue weighted by molar-refractivity contribution is 5.42. The Morgan fingerprint density at radius 2 is 2.13 bits per heavy atom. The predicted molar refractivity (Wildman–Crippen MR) is 62.6 cm³/mol. The summed E-state index contributed by atoms with van der Waals surface area (Å²) in [6, 6.07) is 8.42. The molecule has 1 aromatic carbocycles. The molecular formula is C14H17O. The Morgan fingerprint density at radius 1 is 1.27 bits per heavy atom. The van der Waals surface area contributed by atoms with Crippen molar-refractivity contribution < 1.29 is 4.74 Å². The first kappa shape index (κ1) is 10.4. The lowest BCUT2D eigenvalue weighted by Crippen LogP contribution is -2.08. The van der Waals surface area contributed by atoms with Crippen LogP contribution < -0.4 is 0 Å². The van der Waals surface area contributed by atoms with Crippen molar-refractivity contribution in [1.82, 2.24) is 0 Å². The van der Waals surface area contributed by atoms with Crippen LogP contribution in [0.4, 0.5) is 0 Å². The Bertz CT molecular complexity index is 341. The van der Waals surface area contributed by atoms with Crippen molar-refractivity contribution in [3.63, 3.8) is 0 Å². The van der Waals surface area contributed by atoms with Crippen molar-refractivity contribution in [3.8, 4) is 0 Å². The minimum absolute atomic E-state index is 0.151. The van der Waals surface area contributed by atoms with Gasteiger partial charge in [-0.15, -0.1) is 0 Å². The number of allylic oxidation sites excluding steroid dienone is 1. The zero-order valence-corrected chi connectivity index (χ0v) is 9.15. The van der Waals surface area contributed by atoms with Crippen molar-refractivity contribution in [2.75, 3.05) is 6.61 Å². The first-order valence-electron chi connectivity index (χ1n) is 5.64. The Kier molecular flexibility index (Phi) is 3.57. The van der Waals surface area contributed by atoms with Gasteiger partial charge in [0.15, 0.2) is 0 Å². The number of fused-ring (bicyclic) bond motifs is 1. The van der Waals surface area contributed by atoms with Crippen LogP contribution in [0.1, 0.15) is 37.0 Å². The number of benzene rings is 1. The molecule has 1 unspecified atom stereocenters. The van der Waals surface area contributed by atoms with Crippen molar-refractivity contribution in [1.29, 1.82) is 0 Å². The smallest absolute Gasteiger partial charge is 0.101 e. The highest BCUT2D eigenvalue weighted by Crippen LogP contribution is 2.28. The Labute approximate surface area is 91.8 Å². The van der Waals surface area contributed by atoms with Crippen LogP contribution in [0.15, 0.2) is 36.4 Å². The highest BCUT2D eigenvalue weighted by atomic mass is 16.5. The van der Waals surface area contributed by atoms with E-state index in [0.29, 0.717) is 0 Å². The van der Waals surface area contributed by atoms with Crippen LogP contribution in [-0.4, -0.2) is 6.61 Å². The van der Waals surface area contributed by atoms with Crippen LogP contribution in [0.5, 0.6) is 0 Å². The van der Waals surface area contributed by atoms with E-state index in [-0.39, 0.29) is 6.10 Å². The summed E-state index contributed by atoms with van der Waals surface area (Å²) < 4.78 is 5.84. The highest BCUT2D eigenvalue weighted by Gasteiger charge is 2.15. The fourth-order valence-electron chi connectivity index (χ4n) is 1.79. The fraction of sp³-hybridized carbons (Fsp3) is 0.357. The topological polar surface area (TPSA) is 9.23 Å². The lowest BCUT2D eigenvalue weighted by molar-refractivity contribution is 0.0819. The minimum atomic E-state index is 0.151. The van der Waals surface area contributed by atoms with Gasteiger partial charge < -0.3 is 4.74 Å². The SMILES string of the molecule is CCCCOC1C=C[CH]c2ccccc21. The maximum Gasteiger partial charge on any atom is 0.101 e. The van der Waals surface area contributed by atoms with Gasteiger partial charge >= 0.3 is 0 Å². The van der Waals surface area contributed by atoms with Crippen LogP contribution in [0.2, 0.25) is 0 Å². The molecule has 1 radical (unpaired) electrons. The molecular weight excluding hydrogens is 184 g/mol. The number of rotatable bonds is 4. The molecule has 79 valence electrons. The van der Waals surface area contributed by atoms with Crippen molar-refractivity contribution in [2.45, 2.75) is 25.9 Å². The molecule has 1 aliphatic rings. The Balaban J connectivity index is 2.05. The number of unbranched alkanes of at least 4 members (excludes halogenated alkanes) is 1. The van der Waals surface area contributed by atoms with Crippen LogP contribution in [0, 0.1) is 6.42 Å². The molecule has 0 saturated heterocycles. The van der Waals surface area contributed by atoms with E-state index in [1.807, 2.05) is 0 Å². The van der Waals surface area contributed by atoms with Crippen LogP contribution in [-0.2, 0) is 4.74 Å². The molecule has 15 heavy (non-hydrogen) atoms. The summed E-state index contributed by atoms with van der Waals surface area (Å²) in [5.41, 5.74) is 2.57. The fourth-order valence-corrected chi connectivity index (χ4v) is 1.79. The molecule has 1 nitrogen and oxygen atoms in total. The molecule has 0 saturated carbocycles. The van der Waals surface area contributed by atoms with E-state index in [1.165, 1.54) is 17.5 Å². The summed E-state index contributed by atoms with van der Waals surface area (Å²) in [7, 11) is 0. The molecule has 0 aromatic heterocycles. The zero-order chi connectivity index (χ0) is 10.5. The van der Waals surface area contributed by atoms with Crippen LogP contribution in [0.25, 0.3) is 0 Å². The molecule has 0 aliphatic heterocycles. The van der Waals surface area contributed by atoms with Gasteiger partial charge in [-0.25, -0.2) is 0 Å². The van der Waals surface area contributed by atoms with Crippen molar-refractivity contribution in [3.05, 3.63) is 54.0 Å². The molecule has 0 heterocycles. The van der Waals surface area contributed by atoms with Crippen LogP contribution >= 0.6 is 0 Å². The average molecular weight is 201 g/mol. The molecule has 0 N–H and O–H groups in total. The summed E-state index contributed by atoms with van der Waals surface area (Å²) >= 11 is 0. The van der Waals surface area contributed by atoms with Gasteiger partial charge in [0.25, 0.3) is 0 Å². The molecule has 0 amide bonds. The normalized spacial score (nSPS) is 18.9. The maximum absolute atomic E-state index is 5.84. The standard InChI is InChI=1S/C14H17O/c1-2-3-11-15-14-10-6-8-12-7-4-5-9-13(12)14/h4-10,14H,2-3,11H2,1H3. The molecule has 1 atom stereocenters. The second-order valence-electron chi connectivity index (χ2n) is 3.83. The summed E-state index contributed by atoms with van der Waals surface area (Å²) in [4.78, 5) is 0. The van der Waals surface area contributed by atoms with Gasteiger partial charge in [0, 0.05) is 13.0 Å². The van der Waals surface area contributed by atoms with Crippen LogP contribution in [0.3, 0.4) is 0 Å². The van der Waals surface area contributed by atoms with E-state index in [4.69, 9.17) is 4.74 Å². The van der Waals surface area contributed by atoms with E-state index in [1.54, 1.807) is 0 Å². The summed E-state index contributed by atoms with van der Waals surface area (Å²) in [6.45, 7) is 3.03. The largest absolute Gasteiger partial charge is 0.369 e. The average Bonchev–Trinajstić information content (AvgIpc) is 2.30. The van der Waals surface area contributed by atoms with Gasteiger partial charge in [0.05, 0.1) is 0 Å². The van der Waals surface area contributed by atoms with Gasteiger partial charge in [0.2, 0.25) is 0 Å². The van der Waals surface area contributed by atoms with Crippen molar-refractivity contribution >= 4 is 0 Å². The molecule has 0 spiro atoms. The lowest BCUT2D eigenvalue weighted by atomic mass is 9.95. The predicted octanol–water partition coefficient (Wildman–Crippen LogP) is 3.67. The summed E-state index contributed by atoms with van der Waals surface area (Å²) in [5.74, 6) is 0. The molecule has 1 aliphatic carbocycles. The van der Waals surface area contributed by atoms with E-state index in [9.17, 15) is 0 Å². The van der Waals surface area contributed by atoms with Gasteiger partial charge in [-0.2, -0.15) is 0 Å². The zero-order valence-electron chi connectivity index (χ0n) is 9.15. The van der Waals surface area contributed by atoms with Crippen molar-refractivity contribution in [2.24, 2.45) is 0 Å². The summed E-state index contributed by atoms with van der Waals surface area (Å²) in [5, 5.41) is 0. The number of hydrogen-bond acceptors (Lipinski definition) is 1. The first-order chi connectivity index (χ1) is 7.42. The maximum atomic E-state index is 5.84. The quantitative estimate of drug-likeness (QED) is 0.675. The van der Waals surface area contributed by atoms with E-state index in [0.717, 1.165) is 13.0 Å². The molecule has 0 bridgehead atoms. The summed E-state index contributed by atoms with van der Waals surface area (Å²) in [6.07, 6.45) is 8.81. The Hall–Kier alpha value is -1.08. The van der Waals surface area contributed by atoms with E-state index >= 15 is 0 Å². The van der Waals surface area contributed by atoms with E-state index in [2.05, 4.69) is 49.8 Å². The van der Waals surface area contributed by atoms with Gasteiger partial charge in [-0.3, -0.25) is 0 Å². The molecule has 2 rings (SSSR count). The number of ether oxygens (including phenoxy) is 1. The third-order valence-corrected chi connectivity index (χ3v) is 2.66. The third kappa shape index (κ3) is 2.48. The second-order valence-corrected chi connectivity index (χ2v) is 3.83. The molecule has 1 heteroatoms. The molecule has 0 fully saturated rings. The van der Waals surface area contributed by atoms with Gasteiger partial charge in [0.1, 0.15) is 6.10 Å². The third-order valence-electron chi connectivity index (χ3n) is 2.66. The minimum Gasteiger partial charge on any atom is -0.369 e.